The molecule has 1 atom stereocenters. The fourth-order valence-corrected chi connectivity index (χ4v) is 2.54. The van der Waals surface area contributed by atoms with Crippen molar-refractivity contribution in [1.82, 2.24) is 0 Å². The molecule has 0 aliphatic carbocycles. The summed E-state index contributed by atoms with van der Waals surface area (Å²) in [4.78, 5) is 12.4. The molecule has 134 valence electrons. The minimum atomic E-state index is -4.54. The number of para-hydroxylation sites is 1. The Hall–Kier alpha value is -2.50. The smallest absolute Gasteiger partial charge is 0.418 e. The Morgan fingerprint density at radius 2 is 1.72 bits per heavy atom. The molecule has 0 spiro atoms. The summed E-state index contributed by atoms with van der Waals surface area (Å²) in [5.41, 5.74) is 0.799. The number of hydrogen-bond donors (Lipinski definition) is 1. The molecule has 0 saturated carbocycles. The van der Waals surface area contributed by atoms with E-state index in [-0.39, 0.29) is 5.69 Å². The first-order valence-electron chi connectivity index (χ1n) is 7.92. The summed E-state index contributed by atoms with van der Waals surface area (Å²) in [5, 5.41) is 2.33. The predicted molar refractivity (Wildman–Crippen MR) is 90.7 cm³/mol. The van der Waals surface area contributed by atoms with Gasteiger partial charge in [-0.2, -0.15) is 13.2 Å². The fourth-order valence-electron chi connectivity index (χ4n) is 2.54. The van der Waals surface area contributed by atoms with Gasteiger partial charge in [0.25, 0.3) is 5.91 Å². The van der Waals surface area contributed by atoms with Crippen LogP contribution in [-0.4, -0.2) is 12.0 Å². The third-order valence-electron chi connectivity index (χ3n) is 3.63. The summed E-state index contributed by atoms with van der Waals surface area (Å²) < 4.78 is 44.8. The van der Waals surface area contributed by atoms with Gasteiger partial charge < -0.3 is 10.1 Å². The zero-order valence-corrected chi connectivity index (χ0v) is 14.3. The van der Waals surface area contributed by atoms with E-state index in [1.54, 1.807) is 19.1 Å². The van der Waals surface area contributed by atoms with Crippen LogP contribution in [0.4, 0.5) is 18.9 Å². The Labute approximate surface area is 144 Å². The molecule has 0 radical (unpaired) electrons. The maximum Gasteiger partial charge on any atom is 0.418 e. The normalized spacial score (nSPS) is 12.6. The molecular formula is C19H20F3NO2. The fraction of sp³-hybridized carbons (Fsp3) is 0.316. The largest absolute Gasteiger partial charge is 0.481 e. The molecule has 0 aliphatic rings. The Bertz CT molecular complexity index is 736. The van der Waals surface area contributed by atoms with Crippen LogP contribution in [-0.2, 0) is 11.0 Å². The van der Waals surface area contributed by atoms with Gasteiger partial charge in [0.1, 0.15) is 5.75 Å². The molecule has 0 saturated heterocycles. The number of carbonyl (C=O) groups excluding carboxylic acids is 1. The van der Waals surface area contributed by atoms with Crippen LogP contribution < -0.4 is 10.1 Å². The van der Waals surface area contributed by atoms with Gasteiger partial charge in [0, 0.05) is 0 Å². The molecule has 1 unspecified atom stereocenters. The van der Waals surface area contributed by atoms with E-state index in [1.807, 2.05) is 19.9 Å². The minimum absolute atomic E-state index is 0.275. The number of alkyl halides is 3. The highest BCUT2D eigenvalue weighted by molar-refractivity contribution is 5.95. The van der Waals surface area contributed by atoms with E-state index >= 15 is 0 Å². The van der Waals surface area contributed by atoms with Gasteiger partial charge in [-0.25, -0.2) is 0 Å². The number of aryl methyl sites for hydroxylation is 2. The van der Waals surface area contributed by atoms with Crippen LogP contribution in [0, 0.1) is 13.8 Å². The number of amides is 1. The van der Waals surface area contributed by atoms with E-state index in [0.717, 1.165) is 17.2 Å². The van der Waals surface area contributed by atoms with Crippen molar-refractivity contribution in [2.75, 3.05) is 5.32 Å². The monoisotopic (exact) mass is 351 g/mol. The summed E-state index contributed by atoms with van der Waals surface area (Å²) in [6, 6.07) is 10.4. The molecule has 1 N–H and O–H groups in total. The average molecular weight is 351 g/mol. The van der Waals surface area contributed by atoms with E-state index in [2.05, 4.69) is 5.32 Å². The Kier molecular flexibility index (Phi) is 5.72. The van der Waals surface area contributed by atoms with Crippen molar-refractivity contribution in [1.29, 1.82) is 0 Å². The standard InChI is InChI=1S/C19H20F3NO2/c1-4-17(25-14-10-12(2)9-13(3)11-14)18(24)23-16-8-6-5-7-15(16)19(20,21)22/h5-11,17H,4H2,1-3H3,(H,23,24). The Balaban J connectivity index is 2.18. The number of benzene rings is 2. The maximum absolute atomic E-state index is 13.0. The van der Waals surface area contributed by atoms with Crippen molar-refractivity contribution in [2.24, 2.45) is 0 Å². The van der Waals surface area contributed by atoms with E-state index in [1.165, 1.54) is 18.2 Å². The van der Waals surface area contributed by atoms with Crippen molar-refractivity contribution >= 4 is 11.6 Å². The van der Waals surface area contributed by atoms with Gasteiger partial charge >= 0.3 is 6.18 Å². The summed E-state index contributed by atoms with van der Waals surface area (Å²) >= 11 is 0. The lowest BCUT2D eigenvalue weighted by Crippen LogP contribution is -2.33. The lowest BCUT2D eigenvalue weighted by molar-refractivity contribution is -0.137. The van der Waals surface area contributed by atoms with Gasteiger partial charge in [-0.1, -0.05) is 25.1 Å². The molecule has 2 rings (SSSR count). The lowest BCUT2D eigenvalue weighted by Gasteiger charge is -2.19. The first kappa shape index (κ1) is 18.8. The Morgan fingerprint density at radius 1 is 1.12 bits per heavy atom. The number of anilines is 1. The minimum Gasteiger partial charge on any atom is -0.481 e. The van der Waals surface area contributed by atoms with E-state index in [9.17, 15) is 18.0 Å². The summed E-state index contributed by atoms with van der Waals surface area (Å²) in [5.74, 6) is -0.0954. The average Bonchev–Trinajstić information content (AvgIpc) is 2.51. The van der Waals surface area contributed by atoms with Crippen molar-refractivity contribution < 1.29 is 22.7 Å². The van der Waals surface area contributed by atoms with Gasteiger partial charge in [0.2, 0.25) is 0 Å². The molecule has 25 heavy (non-hydrogen) atoms. The highest BCUT2D eigenvalue weighted by Gasteiger charge is 2.34. The topological polar surface area (TPSA) is 38.3 Å². The van der Waals surface area contributed by atoms with Crippen molar-refractivity contribution in [3.63, 3.8) is 0 Å². The molecule has 0 fully saturated rings. The predicted octanol–water partition coefficient (Wildman–Crippen LogP) is 5.12. The zero-order valence-electron chi connectivity index (χ0n) is 14.3. The van der Waals surface area contributed by atoms with Crippen LogP contribution in [0.2, 0.25) is 0 Å². The van der Waals surface area contributed by atoms with Crippen LogP contribution in [0.25, 0.3) is 0 Å². The van der Waals surface area contributed by atoms with Crippen LogP contribution in [0.1, 0.15) is 30.0 Å². The lowest BCUT2D eigenvalue weighted by atomic mass is 10.1. The van der Waals surface area contributed by atoms with Gasteiger partial charge in [-0.05, 0) is 55.7 Å². The third kappa shape index (κ3) is 4.98. The SMILES string of the molecule is CCC(Oc1cc(C)cc(C)c1)C(=O)Nc1ccccc1C(F)(F)F. The molecule has 0 aliphatic heterocycles. The molecule has 6 heteroatoms. The highest BCUT2D eigenvalue weighted by atomic mass is 19.4. The third-order valence-corrected chi connectivity index (χ3v) is 3.63. The quantitative estimate of drug-likeness (QED) is 0.812. The summed E-state index contributed by atoms with van der Waals surface area (Å²) in [6.45, 7) is 5.55. The van der Waals surface area contributed by atoms with Gasteiger partial charge in [-0.3, -0.25) is 4.79 Å². The highest BCUT2D eigenvalue weighted by Crippen LogP contribution is 2.34. The number of hydrogen-bond acceptors (Lipinski definition) is 2. The molecule has 0 heterocycles. The van der Waals surface area contributed by atoms with E-state index in [0.29, 0.717) is 12.2 Å². The van der Waals surface area contributed by atoms with Crippen molar-refractivity contribution in [2.45, 2.75) is 39.5 Å². The van der Waals surface area contributed by atoms with E-state index < -0.39 is 23.8 Å². The molecule has 2 aromatic rings. The number of carbonyl (C=O) groups is 1. The molecule has 0 bridgehead atoms. The van der Waals surface area contributed by atoms with Crippen molar-refractivity contribution in [3.8, 4) is 5.75 Å². The number of ether oxygens (including phenoxy) is 1. The van der Waals surface area contributed by atoms with Crippen LogP contribution in [0.15, 0.2) is 42.5 Å². The Morgan fingerprint density at radius 3 is 2.28 bits per heavy atom. The van der Waals surface area contributed by atoms with Gasteiger partial charge in [0.15, 0.2) is 6.10 Å². The molecule has 3 nitrogen and oxygen atoms in total. The van der Waals surface area contributed by atoms with Crippen molar-refractivity contribution in [3.05, 3.63) is 59.2 Å². The summed E-state index contributed by atoms with van der Waals surface area (Å²) in [6.07, 6.45) is -5.10. The molecule has 1 amide bonds. The molecular weight excluding hydrogens is 331 g/mol. The van der Waals surface area contributed by atoms with Crippen LogP contribution >= 0.6 is 0 Å². The maximum atomic E-state index is 13.0. The molecule has 0 aromatic heterocycles. The van der Waals surface area contributed by atoms with Crippen LogP contribution in [0.5, 0.6) is 5.75 Å². The number of halogens is 3. The van der Waals surface area contributed by atoms with Gasteiger partial charge in [0.05, 0.1) is 11.3 Å². The summed E-state index contributed by atoms with van der Waals surface area (Å²) in [7, 11) is 0. The van der Waals surface area contributed by atoms with Crippen LogP contribution in [0.3, 0.4) is 0 Å². The molecule has 2 aromatic carbocycles. The number of rotatable bonds is 5. The first-order valence-corrected chi connectivity index (χ1v) is 7.92. The van der Waals surface area contributed by atoms with E-state index in [4.69, 9.17) is 4.74 Å². The first-order chi connectivity index (χ1) is 11.7. The second-order valence-electron chi connectivity index (χ2n) is 5.87. The zero-order chi connectivity index (χ0) is 18.6. The number of nitrogens with one attached hydrogen (secondary N) is 1. The van der Waals surface area contributed by atoms with Gasteiger partial charge in [-0.15, -0.1) is 0 Å². The second-order valence-corrected chi connectivity index (χ2v) is 5.87. The second kappa shape index (κ2) is 7.59.